The summed E-state index contributed by atoms with van der Waals surface area (Å²) >= 11 is 0. The summed E-state index contributed by atoms with van der Waals surface area (Å²) in [5.74, 6) is 5.60. The quantitative estimate of drug-likeness (QED) is 0.434. The van der Waals surface area contributed by atoms with Gasteiger partial charge >= 0.3 is 0 Å². The zero-order chi connectivity index (χ0) is 11.2. The summed E-state index contributed by atoms with van der Waals surface area (Å²) in [7, 11) is 0. The molecule has 14 heavy (non-hydrogen) atoms. The van der Waals surface area contributed by atoms with E-state index in [2.05, 4.69) is 0 Å². The summed E-state index contributed by atoms with van der Waals surface area (Å²) in [4.78, 5) is 0. The van der Waals surface area contributed by atoms with E-state index in [1.165, 1.54) is 0 Å². The molecule has 0 unspecified atom stereocenters. The highest BCUT2D eigenvalue weighted by Gasteiger charge is 2.24. The largest absolute Gasteiger partial charge is 0.400 e. The van der Waals surface area contributed by atoms with Gasteiger partial charge in [0, 0.05) is 18.8 Å². The number of hydrogen-bond acceptors (Lipinski definition) is 4. The van der Waals surface area contributed by atoms with Gasteiger partial charge in [0.15, 0.2) is 0 Å². The van der Waals surface area contributed by atoms with E-state index in [-0.39, 0.29) is 0 Å². The van der Waals surface area contributed by atoms with Crippen molar-refractivity contribution in [1.29, 1.82) is 0 Å². The van der Waals surface area contributed by atoms with E-state index in [0.717, 1.165) is 6.54 Å². The Balaban J connectivity index is 4.34. The monoisotopic (exact) mass is 201 g/mol. The molecule has 0 aromatic heterocycles. The first kappa shape index (κ1) is 13.4. The van der Waals surface area contributed by atoms with Crippen LogP contribution in [0.15, 0.2) is 11.8 Å². The minimum absolute atomic E-state index is 0.520. The van der Waals surface area contributed by atoms with Crippen LogP contribution in [0.1, 0.15) is 33.6 Å². The lowest BCUT2D eigenvalue weighted by Crippen LogP contribution is -2.36. The Morgan fingerprint density at radius 1 is 1.36 bits per heavy atom. The van der Waals surface area contributed by atoms with Crippen molar-refractivity contribution < 1.29 is 5.11 Å². The minimum atomic E-state index is -0.866. The number of nitrogens with two attached hydrogens (primary N) is 2. The molecule has 0 bridgehead atoms. The van der Waals surface area contributed by atoms with Crippen molar-refractivity contribution in [2.75, 3.05) is 13.1 Å². The second-order valence-electron chi connectivity index (χ2n) is 3.49. The summed E-state index contributed by atoms with van der Waals surface area (Å²) in [6.07, 6.45) is 3.04. The fourth-order valence-electron chi connectivity index (χ4n) is 1.19. The van der Waals surface area contributed by atoms with E-state index in [4.69, 9.17) is 11.6 Å². The van der Waals surface area contributed by atoms with Gasteiger partial charge in [0.25, 0.3) is 0 Å². The molecule has 0 aliphatic rings. The molecular weight excluding hydrogens is 178 g/mol. The maximum atomic E-state index is 10.0. The molecule has 0 rings (SSSR count). The number of likely N-dealkylation sites (N-methyl/N-ethyl adjacent to an activating group) is 1. The van der Waals surface area contributed by atoms with Gasteiger partial charge in [-0.2, -0.15) is 0 Å². The van der Waals surface area contributed by atoms with Gasteiger partial charge in [0.05, 0.1) is 0 Å². The molecule has 0 heterocycles. The van der Waals surface area contributed by atoms with Crippen molar-refractivity contribution in [3.05, 3.63) is 11.8 Å². The van der Waals surface area contributed by atoms with Gasteiger partial charge in [0.2, 0.25) is 0 Å². The van der Waals surface area contributed by atoms with E-state index >= 15 is 0 Å². The number of hydrogen-bond donors (Lipinski definition) is 3. The second-order valence-corrected chi connectivity index (χ2v) is 3.49. The molecule has 0 atom stereocenters. The van der Waals surface area contributed by atoms with Crippen LogP contribution < -0.4 is 11.6 Å². The third kappa shape index (κ3) is 3.65. The highest BCUT2D eigenvalue weighted by atomic mass is 16.3. The van der Waals surface area contributed by atoms with Crippen molar-refractivity contribution in [2.45, 2.75) is 39.2 Å². The first-order chi connectivity index (χ1) is 6.50. The van der Waals surface area contributed by atoms with Crippen LogP contribution in [0, 0.1) is 0 Å². The topological polar surface area (TPSA) is 75.5 Å². The predicted molar refractivity (Wildman–Crippen MR) is 59.2 cm³/mol. The third-order valence-electron chi connectivity index (χ3n) is 2.66. The Kier molecular flexibility index (Phi) is 5.76. The van der Waals surface area contributed by atoms with E-state index in [9.17, 15) is 5.11 Å². The molecule has 0 fully saturated rings. The van der Waals surface area contributed by atoms with Crippen molar-refractivity contribution >= 4 is 0 Å². The minimum Gasteiger partial charge on any atom is -0.400 e. The number of rotatable bonds is 6. The number of aliphatic hydroxyl groups is 1. The summed E-state index contributed by atoms with van der Waals surface area (Å²) in [6.45, 7) is 7.15. The van der Waals surface area contributed by atoms with E-state index in [1.807, 2.05) is 20.8 Å². The molecule has 0 amide bonds. The van der Waals surface area contributed by atoms with E-state index in [1.54, 1.807) is 11.1 Å². The zero-order valence-corrected chi connectivity index (χ0v) is 9.45. The van der Waals surface area contributed by atoms with Crippen LogP contribution in [-0.4, -0.2) is 28.8 Å². The summed E-state index contributed by atoms with van der Waals surface area (Å²) in [6, 6.07) is 0. The molecule has 4 nitrogen and oxygen atoms in total. The lowest BCUT2D eigenvalue weighted by molar-refractivity contribution is 0.0679. The van der Waals surface area contributed by atoms with Crippen LogP contribution in [-0.2, 0) is 0 Å². The fourth-order valence-corrected chi connectivity index (χ4v) is 1.19. The van der Waals surface area contributed by atoms with Crippen LogP contribution in [0.4, 0.5) is 0 Å². The SMILES string of the molecule is CCN(N)C/C=C(\N)C(O)(CC)CC. The van der Waals surface area contributed by atoms with E-state index in [0.29, 0.717) is 25.1 Å². The average Bonchev–Trinajstić information content (AvgIpc) is 2.23. The molecule has 0 aliphatic carbocycles. The lowest BCUT2D eigenvalue weighted by atomic mass is 9.93. The third-order valence-corrected chi connectivity index (χ3v) is 2.66. The first-order valence-corrected chi connectivity index (χ1v) is 5.18. The van der Waals surface area contributed by atoms with Gasteiger partial charge in [0.1, 0.15) is 5.60 Å². The molecule has 4 heteroatoms. The normalized spacial score (nSPS) is 13.7. The fraction of sp³-hybridized carbons (Fsp3) is 0.800. The van der Waals surface area contributed by atoms with Gasteiger partial charge in [-0.05, 0) is 18.9 Å². The van der Waals surface area contributed by atoms with Crippen molar-refractivity contribution in [3.8, 4) is 0 Å². The first-order valence-electron chi connectivity index (χ1n) is 5.18. The summed E-state index contributed by atoms with van der Waals surface area (Å²) in [5.41, 5.74) is 5.46. The molecule has 0 aromatic carbocycles. The van der Waals surface area contributed by atoms with Gasteiger partial charge in [-0.3, -0.25) is 5.84 Å². The van der Waals surface area contributed by atoms with Crippen LogP contribution in [0.5, 0.6) is 0 Å². The summed E-state index contributed by atoms with van der Waals surface area (Å²) < 4.78 is 0. The molecule has 5 N–H and O–H groups in total. The number of nitrogens with zero attached hydrogens (tertiary/aromatic N) is 1. The Labute approximate surface area is 86.5 Å². The molecule has 0 aromatic rings. The molecule has 0 radical (unpaired) electrons. The van der Waals surface area contributed by atoms with Crippen molar-refractivity contribution in [1.82, 2.24) is 5.01 Å². The molecular formula is C10H23N3O. The molecule has 0 aliphatic heterocycles. The summed E-state index contributed by atoms with van der Waals surface area (Å²) in [5, 5.41) is 11.7. The maximum absolute atomic E-state index is 10.0. The Hall–Kier alpha value is -0.580. The zero-order valence-electron chi connectivity index (χ0n) is 9.45. The Morgan fingerprint density at radius 3 is 2.21 bits per heavy atom. The molecule has 0 saturated heterocycles. The molecule has 0 saturated carbocycles. The maximum Gasteiger partial charge on any atom is 0.103 e. The highest BCUT2D eigenvalue weighted by molar-refractivity contribution is 5.12. The van der Waals surface area contributed by atoms with Crippen molar-refractivity contribution in [3.63, 3.8) is 0 Å². The van der Waals surface area contributed by atoms with Crippen molar-refractivity contribution in [2.24, 2.45) is 11.6 Å². The van der Waals surface area contributed by atoms with Gasteiger partial charge in [-0.1, -0.05) is 20.8 Å². The van der Waals surface area contributed by atoms with Gasteiger partial charge < -0.3 is 10.8 Å². The second kappa shape index (κ2) is 6.01. The van der Waals surface area contributed by atoms with E-state index < -0.39 is 5.60 Å². The number of hydrazine groups is 1. The lowest BCUT2D eigenvalue weighted by Gasteiger charge is -2.26. The predicted octanol–water partition coefficient (Wildman–Crippen LogP) is 0.576. The highest BCUT2D eigenvalue weighted by Crippen LogP contribution is 2.20. The van der Waals surface area contributed by atoms with Gasteiger partial charge in [-0.25, -0.2) is 5.01 Å². The van der Waals surface area contributed by atoms with Gasteiger partial charge in [-0.15, -0.1) is 0 Å². The average molecular weight is 201 g/mol. The molecule has 0 spiro atoms. The van der Waals surface area contributed by atoms with Crippen LogP contribution >= 0.6 is 0 Å². The Bertz CT molecular complexity index is 188. The molecule has 84 valence electrons. The Morgan fingerprint density at radius 2 is 1.86 bits per heavy atom. The smallest absolute Gasteiger partial charge is 0.103 e. The van der Waals surface area contributed by atoms with Crippen LogP contribution in [0.3, 0.4) is 0 Å². The van der Waals surface area contributed by atoms with Crippen LogP contribution in [0.25, 0.3) is 0 Å². The standard InChI is InChI=1S/C10H23N3O/c1-4-10(14,5-2)9(11)7-8-13(12)6-3/h7,14H,4-6,8,11-12H2,1-3H3/b9-7-. The van der Waals surface area contributed by atoms with Crippen LogP contribution in [0.2, 0.25) is 0 Å².